The van der Waals surface area contributed by atoms with Crippen LogP contribution in [0.4, 0.5) is 5.69 Å². The van der Waals surface area contributed by atoms with Crippen LogP contribution >= 0.6 is 12.2 Å². The fourth-order valence-corrected chi connectivity index (χ4v) is 3.86. The van der Waals surface area contributed by atoms with Gasteiger partial charge in [-0.3, -0.25) is 4.90 Å². The second-order valence-corrected chi connectivity index (χ2v) is 8.04. The number of piperazine rings is 1. The summed E-state index contributed by atoms with van der Waals surface area (Å²) in [6, 6.07) is 14.7. The lowest BCUT2D eigenvalue weighted by Gasteiger charge is -2.36. The molecule has 6 heteroatoms. The van der Waals surface area contributed by atoms with Gasteiger partial charge >= 0.3 is 0 Å². The van der Waals surface area contributed by atoms with Crippen molar-refractivity contribution >= 4 is 23.0 Å². The molecule has 0 amide bonds. The fraction of sp³-hybridized carbons (Fsp3) is 0.409. The van der Waals surface area contributed by atoms with Crippen LogP contribution in [0.5, 0.6) is 11.5 Å². The highest BCUT2D eigenvalue weighted by Gasteiger charge is 2.20. The molecule has 5 nitrogen and oxygen atoms in total. The van der Waals surface area contributed by atoms with E-state index in [1.165, 1.54) is 11.1 Å². The number of nitrogens with one attached hydrogen (secondary N) is 1. The van der Waals surface area contributed by atoms with E-state index in [0.29, 0.717) is 12.7 Å². The van der Waals surface area contributed by atoms with Crippen molar-refractivity contribution in [3.63, 3.8) is 0 Å². The van der Waals surface area contributed by atoms with E-state index in [1.807, 2.05) is 6.07 Å². The summed E-state index contributed by atoms with van der Waals surface area (Å²) in [4.78, 5) is 4.70. The van der Waals surface area contributed by atoms with Gasteiger partial charge in [0, 0.05) is 38.4 Å². The molecule has 0 unspecified atom stereocenters. The van der Waals surface area contributed by atoms with E-state index >= 15 is 0 Å². The number of rotatable bonds is 4. The third-order valence-electron chi connectivity index (χ3n) is 5.33. The van der Waals surface area contributed by atoms with Crippen molar-refractivity contribution in [3.05, 3.63) is 53.6 Å². The second kappa shape index (κ2) is 8.37. The Morgan fingerprint density at radius 3 is 2.43 bits per heavy atom. The third-order valence-corrected chi connectivity index (χ3v) is 5.69. The van der Waals surface area contributed by atoms with Gasteiger partial charge in [0.2, 0.25) is 6.79 Å². The standard InChI is InChI=1S/C22H27N3O2S/c1-16(2)18-4-6-19(7-5-18)23-22(28)25-11-9-24(10-12-25)14-17-3-8-20-21(13-17)27-15-26-20/h3-8,13,16H,9-12,14-15H2,1-2H3,(H,23,28). The molecule has 4 rings (SSSR count). The average Bonchev–Trinajstić information content (AvgIpc) is 3.17. The summed E-state index contributed by atoms with van der Waals surface area (Å²) in [6.45, 7) is 9.49. The highest BCUT2D eigenvalue weighted by molar-refractivity contribution is 7.80. The quantitative estimate of drug-likeness (QED) is 0.785. The van der Waals surface area contributed by atoms with Crippen molar-refractivity contribution in [3.8, 4) is 11.5 Å². The molecule has 0 aromatic heterocycles. The van der Waals surface area contributed by atoms with Crippen LogP contribution in [0.25, 0.3) is 0 Å². The first-order valence-electron chi connectivity index (χ1n) is 9.85. The van der Waals surface area contributed by atoms with Gasteiger partial charge in [-0.2, -0.15) is 0 Å². The van der Waals surface area contributed by atoms with Crippen molar-refractivity contribution in [1.82, 2.24) is 9.80 Å². The van der Waals surface area contributed by atoms with Crippen LogP contribution in [0.1, 0.15) is 30.9 Å². The van der Waals surface area contributed by atoms with E-state index in [1.54, 1.807) is 0 Å². The zero-order valence-electron chi connectivity index (χ0n) is 16.5. The molecule has 0 bridgehead atoms. The van der Waals surface area contributed by atoms with Crippen molar-refractivity contribution in [1.29, 1.82) is 0 Å². The Kier molecular flexibility index (Phi) is 5.69. The molecule has 28 heavy (non-hydrogen) atoms. The smallest absolute Gasteiger partial charge is 0.231 e. The molecule has 1 fully saturated rings. The minimum absolute atomic E-state index is 0.322. The second-order valence-electron chi connectivity index (χ2n) is 7.66. The topological polar surface area (TPSA) is 37.0 Å². The number of hydrogen-bond donors (Lipinski definition) is 1. The van der Waals surface area contributed by atoms with Crippen molar-refractivity contribution in [2.24, 2.45) is 0 Å². The van der Waals surface area contributed by atoms with Gasteiger partial charge in [-0.25, -0.2) is 0 Å². The molecule has 0 radical (unpaired) electrons. The van der Waals surface area contributed by atoms with Crippen LogP contribution in [0.3, 0.4) is 0 Å². The molecule has 1 saturated heterocycles. The predicted molar refractivity (Wildman–Crippen MR) is 116 cm³/mol. The van der Waals surface area contributed by atoms with Gasteiger partial charge in [-0.1, -0.05) is 32.0 Å². The molecule has 148 valence electrons. The van der Waals surface area contributed by atoms with Crippen LogP contribution < -0.4 is 14.8 Å². The molecule has 0 saturated carbocycles. The van der Waals surface area contributed by atoms with E-state index in [2.05, 4.69) is 65.4 Å². The van der Waals surface area contributed by atoms with Crippen LogP contribution in [0, 0.1) is 0 Å². The van der Waals surface area contributed by atoms with E-state index in [9.17, 15) is 0 Å². The number of benzene rings is 2. The van der Waals surface area contributed by atoms with Crippen molar-refractivity contribution in [2.45, 2.75) is 26.3 Å². The summed E-state index contributed by atoms with van der Waals surface area (Å²) < 4.78 is 10.9. The zero-order valence-corrected chi connectivity index (χ0v) is 17.3. The molecule has 2 aliphatic rings. The van der Waals surface area contributed by atoms with Crippen LogP contribution in [0.15, 0.2) is 42.5 Å². The lowest BCUT2D eigenvalue weighted by atomic mass is 10.0. The van der Waals surface area contributed by atoms with Crippen LogP contribution in [-0.4, -0.2) is 47.9 Å². The van der Waals surface area contributed by atoms with Gasteiger partial charge in [-0.05, 0) is 53.5 Å². The van der Waals surface area contributed by atoms with E-state index < -0.39 is 0 Å². The average molecular weight is 398 g/mol. The molecule has 0 atom stereocenters. The number of hydrogen-bond acceptors (Lipinski definition) is 4. The Labute approximate surface area is 172 Å². The van der Waals surface area contributed by atoms with Crippen LogP contribution in [-0.2, 0) is 6.54 Å². The number of fused-ring (bicyclic) bond motifs is 1. The molecular formula is C22H27N3O2S. The van der Waals surface area contributed by atoms with Gasteiger partial charge in [0.1, 0.15) is 0 Å². The summed E-state index contributed by atoms with van der Waals surface area (Å²) >= 11 is 5.63. The Hall–Kier alpha value is -2.31. The maximum absolute atomic E-state index is 5.63. The summed E-state index contributed by atoms with van der Waals surface area (Å²) in [5.74, 6) is 2.23. The number of anilines is 1. The Morgan fingerprint density at radius 1 is 1.00 bits per heavy atom. The van der Waals surface area contributed by atoms with Crippen molar-refractivity contribution in [2.75, 3.05) is 38.3 Å². The van der Waals surface area contributed by atoms with Gasteiger partial charge in [0.05, 0.1) is 0 Å². The zero-order chi connectivity index (χ0) is 19.5. The normalized spacial score (nSPS) is 16.5. The molecule has 2 aromatic rings. The Morgan fingerprint density at radius 2 is 1.71 bits per heavy atom. The SMILES string of the molecule is CC(C)c1ccc(NC(=S)N2CCN(Cc3ccc4c(c3)OCO4)CC2)cc1. The minimum Gasteiger partial charge on any atom is -0.454 e. The van der Waals surface area contributed by atoms with E-state index in [-0.39, 0.29) is 0 Å². The Bertz CT molecular complexity index is 830. The lowest BCUT2D eigenvalue weighted by molar-refractivity contribution is 0.173. The number of nitrogens with zero attached hydrogens (tertiary/aromatic N) is 2. The molecule has 2 heterocycles. The maximum atomic E-state index is 5.63. The largest absolute Gasteiger partial charge is 0.454 e. The van der Waals surface area contributed by atoms with Crippen LogP contribution in [0.2, 0.25) is 0 Å². The Balaban J connectivity index is 1.27. The first kappa shape index (κ1) is 19.0. The maximum Gasteiger partial charge on any atom is 0.231 e. The highest BCUT2D eigenvalue weighted by Crippen LogP contribution is 2.32. The van der Waals surface area contributed by atoms with E-state index in [0.717, 1.165) is 55.0 Å². The summed E-state index contributed by atoms with van der Waals surface area (Å²) in [7, 11) is 0. The number of ether oxygens (including phenoxy) is 2. The van der Waals surface area contributed by atoms with Gasteiger partial charge in [0.15, 0.2) is 16.6 Å². The van der Waals surface area contributed by atoms with Gasteiger partial charge in [0.25, 0.3) is 0 Å². The first-order valence-corrected chi connectivity index (χ1v) is 10.3. The fourth-order valence-electron chi connectivity index (χ4n) is 3.56. The first-order chi connectivity index (χ1) is 13.6. The molecule has 0 aliphatic carbocycles. The molecule has 2 aliphatic heterocycles. The monoisotopic (exact) mass is 397 g/mol. The minimum atomic E-state index is 0.322. The van der Waals surface area contributed by atoms with E-state index in [4.69, 9.17) is 21.7 Å². The highest BCUT2D eigenvalue weighted by atomic mass is 32.1. The van der Waals surface area contributed by atoms with Gasteiger partial charge < -0.3 is 19.7 Å². The summed E-state index contributed by atoms with van der Waals surface area (Å²) in [6.07, 6.45) is 0. The molecule has 1 N–H and O–H groups in total. The predicted octanol–water partition coefficient (Wildman–Crippen LogP) is 4.05. The summed E-state index contributed by atoms with van der Waals surface area (Å²) in [5, 5.41) is 4.18. The summed E-state index contributed by atoms with van der Waals surface area (Å²) in [5.41, 5.74) is 3.65. The molecule has 0 spiro atoms. The number of thiocarbonyl (C=S) groups is 1. The third kappa shape index (κ3) is 4.39. The molecule has 2 aromatic carbocycles. The van der Waals surface area contributed by atoms with Crippen molar-refractivity contribution < 1.29 is 9.47 Å². The van der Waals surface area contributed by atoms with Gasteiger partial charge in [-0.15, -0.1) is 0 Å². The lowest BCUT2D eigenvalue weighted by Crippen LogP contribution is -2.49. The molecular weight excluding hydrogens is 370 g/mol.